The van der Waals surface area contributed by atoms with E-state index in [1.54, 1.807) is 25.1 Å². The number of hydrazone groups is 1. The van der Waals surface area contributed by atoms with Gasteiger partial charge in [-0.05, 0) is 19.9 Å². The molecule has 2 aromatic rings. The van der Waals surface area contributed by atoms with Crippen molar-refractivity contribution >= 4 is 29.4 Å². The van der Waals surface area contributed by atoms with Crippen LogP contribution in [0.15, 0.2) is 29.4 Å². The summed E-state index contributed by atoms with van der Waals surface area (Å²) >= 11 is 1.29. The Bertz CT molecular complexity index is 722. The van der Waals surface area contributed by atoms with Crippen LogP contribution in [0.2, 0.25) is 0 Å². The summed E-state index contributed by atoms with van der Waals surface area (Å²) in [5.41, 5.74) is 3.57. The van der Waals surface area contributed by atoms with E-state index in [4.69, 9.17) is 5.11 Å². The number of carbonyl (C=O) groups excluding carboxylic acids is 1. The van der Waals surface area contributed by atoms with Crippen molar-refractivity contribution in [3.63, 3.8) is 0 Å². The predicted molar refractivity (Wildman–Crippen MR) is 80.0 cm³/mol. The molecule has 0 atom stereocenters. The van der Waals surface area contributed by atoms with Gasteiger partial charge in [-0.3, -0.25) is 4.79 Å². The number of thiazole rings is 1. The van der Waals surface area contributed by atoms with Crippen LogP contribution in [-0.4, -0.2) is 28.2 Å². The minimum Gasteiger partial charge on any atom is -0.478 e. The molecule has 0 unspecified atom stereocenters. The fourth-order valence-electron chi connectivity index (χ4n) is 1.76. The van der Waals surface area contributed by atoms with Gasteiger partial charge in [0.15, 0.2) is 0 Å². The second-order valence-corrected chi connectivity index (χ2v) is 5.44. The van der Waals surface area contributed by atoms with Crippen LogP contribution < -0.4 is 5.43 Å². The zero-order valence-corrected chi connectivity index (χ0v) is 12.3. The number of nitrogens with zero attached hydrogens (tertiary/aromatic N) is 2. The van der Waals surface area contributed by atoms with Gasteiger partial charge < -0.3 is 5.11 Å². The Kier molecular flexibility index (Phi) is 4.44. The molecule has 0 saturated carbocycles. The monoisotopic (exact) mass is 303 g/mol. The zero-order chi connectivity index (χ0) is 15.4. The lowest BCUT2D eigenvalue weighted by molar-refractivity contribution is 0.0696. The number of nitrogens with one attached hydrogen (secondary N) is 1. The van der Waals surface area contributed by atoms with Crippen molar-refractivity contribution in [3.05, 3.63) is 51.0 Å². The maximum absolute atomic E-state index is 11.9. The number of hydrogen-bond donors (Lipinski definition) is 2. The van der Waals surface area contributed by atoms with Crippen LogP contribution >= 0.6 is 11.3 Å². The number of aromatic nitrogens is 1. The number of hydrogen-bond acceptors (Lipinski definition) is 5. The Balaban J connectivity index is 2.11. The molecule has 2 rings (SSSR count). The average Bonchev–Trinajstić information content (AvgIpc) is 2.78. The third-order valence-electron chi connectivity index (χ3n) is 2.67. The Morgan fingerprint density at radius 2 is 2.05 bits per heavy atom. The highest BCUT2D eigenvalue weighted by atomic mass is 32.1. The molecule has 6 nitrogen and oxygen atoms in total. The van der Waals surface area contributed by atoms with Crippen molar-refractivity contribution in [3.8, 4) is 0 Å². The summed E-state index contributed by atoms with van der Waals surface area (Å²) in [5, 5.41) is 13.6. The minimum atomic E-state index is -1.04. The highest BCUT2D eigenvalue weighted by molar-refractivity contribution is 7.13. The van der Waals surface area contributed by atoms with Crippen LogP contribution in [0.25, 0.3) is 0 Å². The van der Waals surface area contributed by atoms with E-state index in [-0.39, 0.29) is 11.5 Å². The third-order valence-corrected chi connectivity index (χ3v) is 3.74. The average molecular weight is 303 g/mol. The Morgan fingerprint density at radius 3 is 2.67 bits per heavy atom. The highest BCUT2D eigenvalue weighted by Gasteiger charge is 2.13. The van der Waals surface area contributed by atoms with Gasteiger partial charge in [0.25, 0.3) is 5.91 Å². The van der Waals surface area contributed by atoms with Gasteiger partial charge in [0.05, 0.1) is 22.5 Å². The van der Waals surface area contributed by atoms with Crippen molar-refractivity contribution < 1.29 is 14.7 Å². The van der Waals surface area contributed by atoms with Crippen molar-refractivity contribution in [1.29, 1.82) is 0 Å². The lowest BCUT2D eigenvalue weighted by atomic mass is 10.1. The molecular formula is C14H13N3O3S. The van der Waals surface area contributed by atoms with Crippen molar-refractivity contribution in [2.24, 2.45) is 5.10 Å². The summed E-state index contributed by atoms with van der Waals surface area (Å²) < 4.78 is 0. The van der Waals surface area contributed by atoms with Crippen LogP contribution in [0.3, 0.4) is 0 Å². The summed E-state index contributed by atoms with van der Waals surface area (Å²) in [6.07, 6.45) is 1.31. The second kappa shape index (κ2) is 6.27. The smallest absolute Gasteiger partial charge is 0.336 e. The Hall–Kier alpha value is -2.54. The molecule has 0 saturated heterocycles. The van der Waals surface area contributed by atoms with Crippen LogP contribution in [0.4, 0.5) is 0 Å². The van der Waals surface area contributed by atoms with Gasteiger partial charge in [-0.2, -0.15) is 5.10 Å². The maximum Gasteiger partial charge on any atom is 0.336 e. The van der Waals surface area contributed by atoms with Crippen LogP contribution in [-0.2, 0) is 0 Å². The number of aryl methyl sites for hydroxylation is 2. The van der Waals surface area contributed by atoms with Gasteiger partial charge in [-0.1, -0.05) is 18.2 Å². The fraction of sp³-hybridized carbons (Fsp3) is 0.143. The van der Waals surface area contributed by atoms with Gasteiger partial charge in [-0.25, -0.2) is 15.2 Å². The second-order valence-electron chi connectivity index (χ2n) is 4.24. The van der Waals surface area contributed by atoms with Gasteiger partial charge >= 0.3 is 5.97 Å². The lowest BCUT2D eigenvalue weighted by Gasteiger charge is -2.00. The first-order chi connectivity index (χ1) is 9.99. The normalized spacial score (nSPS) is 10.8. The van der Waals surface area contributed by atoms with E-state index in [0.717, 1.165) is 5.01 Å². The lowest BCUT2D eigenvalue weighted by Crippen LogP contribution is -2.17. The first-order valence-electron chi connectivity index (χ1n) is 6.09. The van der Waals surface area contributed by atoms with Gasteiger partial charge in [0.1, 0.15) is 4.88 Å². The van der Waals surface area contributed by atoms with E-state index in [9.17, 15) is 9.59 Å². The topological polar surface area (TPSA) is 91.7 Å². The molecule has 108 valence electrons. The first kappa shape index (κ1) is 14.9. The molecule has 0 spiro atoms. The number of carbonyl (C=O) groups is 2. The van der Waals surface area contributed by atoms with E-state index >= 15 is 0 Å². The summed E-state index contributed by atoms with van der Waals surface area (Å²) in [5.74, 6) is -1.40. The summed E-state index contributed by atoms with van der Waals surface area (Å²) in [7, 11) is 0. The molecular weight excluding hydrogens is 290 g/mol. The highest BCUT2D eigenvalue weighted by Crippen LogP contribution is 2.16. The molecule has 0 fully saturated rings. The molecule has 0 aliphatic rings. The van der Waals surface area contributed by atoms with Gasteiger partial charge in [0, 0.05) is 5.56 Å². The molecule has 1 aromatic carbocycles. The molecule has 21 heavy (non-hydrogen) atoms. The Labute approximate surface area is 125 Å². The minimum absolute atomic E-state index is 0.125. The molecule has 0 aliphatic carbocycles. The third kappa shape index (κ3) is 3.51. The summed E-state index contributed by atoms with van der Waals surface area (Å²) in [6.45, 7) is 3.57. The number of carboxylic acid groups (broad SMARTS) is 1. The molecule has 1 heterocycles. The molecule has 0 aliphatic heterocycles. The SMILES string of the molecule is Cc1nc(C)c(C(=O)N/N=C/c2ccccc2C(=O)O)s1. The number of benzene rings is 1. The van der Waals surface area contributed by atoms with Crippen LogP contribution in [0.5, 0.6) is 0 Å². The van der Waals surface area contributed by atoms with Crippen molar-refractivity contribution in [2.75, 3.05) is 0 Å². The fourth-order valence-corrected chi connectivity index (χ4v) is 2.57. The van der Waals surface area contributed by atoms with Crippen molar-refractivity contribution in [1.82, 2.24) is 10.4 Å². The number of carboxylic acids is 1. The number of rotatable bonds is 4. The van der Waals surface area contributed by atoms with E-state index in [2.05, 4.69) is 15.5 Å². The standard InChI is InChI=1S/C14H13N3O3S/c1-8-12(21-9(2)16-8)13(18)17-15-7-10-5-3-4-6-11(10)14(19)20/h3-7H,1-2H3,(H,17,18)(H,19,20)/b15-7+. The largest absolute Gasteiger partial charge is 0.478 e. The zero-order valence-electron chi connectivity index (χ0n) is 11.5. The van der Waals surface area contributed by atoms with E-state index in [1.807, 2.05) is 6.92 Å². The van der Waals surface area contributed by atoms with Crippen LogP contribution in [0.1, 0.15) is 36.3 Å². The Morgan fingerprint density at radius 1 is 1.33 bits per heavy atom. The summed E-state index contributed by atoms with van der Waals surface area (Å²) in [6, 6.07) is 6.42. The van der Waals surface area contributed by atoms with Crippen LogP contribution in [0, 0.1) is 13.8 Å². The first-order valence-corrected chi connectivity index (χ1v) is 6.90. The van der Waals surface area contributed by atoms with Crippen molar-refractivity contribution in [2.45, 2.75) is 13.8 Å². The molecule has 2 N–H and O–H groups in total. The quantitative estimate of drug-likeness (QED) is 0.669. The molecule has 0 bridgehead atoms. The molecule has 1 amide bonds. The number of aromatic carboxylic acids is 1. The van der Waals surface area contributed by atoms with E-state index < -0.39 is 5.97 Å². The van der Waals surface area contributed by atoms with E-state index in [1.165, 1.54) is 23.6 Å². The maximum atomic E-state index is 11.9. The molecule has 1 aromatic heterocycles. The number of amides is 1. The molecule has 0 radical (unpaired) electrons. The van der Waals surface area contributed by atoms with Gasteiger partial charge in [-0.15, -0.1) is 11.3 Å². The molecule has 7 heteroatoms. The predicted octanol–water partition coefficient (Wildman–Crippen LogP) is 2.22. The van der Waals surface area contributed by atoms with Gasteiger partial charge in [0.2, 0.25) is 0 Å². The summed E-state index contributed by atoms with van der Waals surface area (Å²) in [4.78, 5) is 27.6. The van der Waals surface area contributed by atoms with E-state index in [0.29, 0.717) is 16.1 Å².